The highest BCUT2D eigenvalue weighted by Crippen LogP contribution is 2.21. The number of primary sulfonamides is 1. The molecule has 0 spiro atoms. The molecule has 1 aromatic carbocycles. The zero-order chi connectivity index (χ0) is 18.7. The third-order valence-electron chi connectivity index (χ3n) is 4.50. The van der Waals surface area contributed by atoms with Gasteiger partial charge in [-0.3, -0.25) is 9.48 Å². The van der Waals surface area contributed by atoms with Gasteiger partial charge in [0.05, 0.1) is 10.9 Å². The van der Waals surface area contributed by atoms with Crippen molar-refractivity contribution in [2.24, 2.45) is 5.14 Å². The normalized spacial score (nSPS) is 17.2. The number of piperidine rings is 1. The lowest BCUT2D eigenvalue weighted by molar-refractivity contribution is 0.102. The molecule has 2 heterocycles. The van der Waals surface area contributed by atoms with Gasteiger partial charge in [0.1, 0.15) is 0 Å². The van der Waals surface area contributed by atoms with Crippen LogP contribution in [0.1, 0.15) is 41.9 Å². The predicted octanol–water partition coefficient (Wildman–Crippen LogP) is 1.69. The van der Waals surface area contributed by atoms with E-state index in [1.165, 1.54) is 6.07 Å². The second-order valence-electron chi connectivity index (χ2n) is 6.36. The minimum absolute atomic E-state index is 0. The van der Waals surface area contributed by atoms with Crippen molar-refractivity contribution in [2.75, 3.05) is 18.4 Å². The van der Waals surface area contributed by atoms with Crippen LogP contribution in [0.2, 0.25) is 0 Å². The van der Waals surface area contributed by atoms with Crippen LogP contribution in [0.25, 0.3) is 0 Å². The molecule has 148 valence electrons. The average molecular weight is 414 g/mol. The minimum Gasteiger partial charge on any atom is -0.321 e. The van der Waals surface area contributed by atoms with Crippen LogP contribution >= 0.6 is 12.4 Å². The number of amides is 1. The zero-order valence-corrected chi connectivity index (χ0v) is 16.6. The number of anilines is 1. The molecule has 3 rings (SSSR count). The van der Waals surface area contributed by atoms with E-state index in [0.29, 0.717) is 17.7 Å². The molecule has 0 radical (unpaired) electrons. The fourth-order valence-corrected chi connectivity index (χ4v) is 3.98. The molecule has 1 aliphatic heterocycles. The maximum absolute atomic E-state index is 12.4. The third kappa shape index (κ3) is 5.07. The maximum Gasteiger partial charge on any atom is 0.276 e. The number of nitrogens with two attached hydrogens (primary N) is 1. The van der Waals surface area contributed by atoms with Crippen LogP contribution < -0.4 is 15.8 Å². The van der Waals surface area contributed by atoms with Crippen molar-refractivity contribution in [1.29, 1.82) is 0 Å². The molecule has 1 fully saturated rings. The van der Waals surface area contributed by atoms with E-state index in [-0.39, 0.29) is 29.0 Å². The number of hydrogen-bond acceptors (Lipinski definition) is 5. The van der Waals surface area contributed by atoms with Crippen molar-refractivity contribution < 1.29 is 13.2 Å². The minimum atomic E-state index is -3.86. The van der Waals surface area contributed by atoms with Gasteiger partial charge in [0, 0.05) is 18.4 Å². The molecular weight excluding hydrogens is 390 g/mol. The number of rotatable bonds is 5. The van der Waals surface area contributed by atoms with Gasteiger partial charge in [0.2, 0.25) is 10.0 Å². The summed E-state index contributed by atoms with van der Waals surface area (Å²) in [6, 6.07) is 6.59. The van der Waals surface area contributed by atoms with Gasteiger partial charge in [-0.2, -0.15) is 5.10 Å². The summed E-state index contributed by atoms with van der Waals surface area (Å²) in [5.74, 6) is -0.392. The number of aryl methyl sites for hydroxylation is 1. The number of carbonyl (C=O) groups excluding carboxylic acids is 1. The van der Waals surface area contributed by atoms with E-state index in [1.807, 2.05) is 6.92 Å². The second kappa shape index (κ2) is 8.83. The lowest BCUT2D eigenvalue weighted by Crippen LogP contribution is -2.32. The first kappa shape index (κ1) is 21.4. The second-order valence-corrected chi connectivity index (χ2v) is 7.89. The quantitative estimate of drug-likeness (QED) is 0.689. The van der Waals surface area contributed by atoms with E-state index >= 15 is 0 Å². The summed E-state index contributed by atoms with van der Waals surface area (Å²) in [5.41, 5.74) is 1.26. The number of aromatic nitrogens is 2. The van der Waals surface area contributed by atoms with Gasteiger partial charge in [-0.1, -0.05) is 13.0 Å². The summed E-state index contributed by atoms with van der Waals surface area (Å²) >= 11 is 0. The van der Waals surface area contributed by atoms with E-state index in [0.717, 1.165) is 25.9 Å². The smallest absolute Gasteiger partial charge is 0.276 e. The standard InChI is InChI=1S/C17H23N5O3S.ClH/c1-2-12-5-6-13(10-16(12)26(18,24)25)20-17(23)15-7-9-22(21-15)14-4-3-8-19-11-14;/h5-7,9-10,14,19H,2-4,8,11H2,1H3,(H,20,23)(H2,18,24,25);1H. The summed E-state index contributed by atoms with van der Waals surface area (Å²) in [5, 5.41) is 15.6. The predicted molar refractivity (Wildman–Crippen MR) is 106 cm³/mol. The Morgan fingerprint density at radius 2 is 2.19 bits per heavy atom. The van der Waals surface area contributed by atoms with Gasteiger partial charge < -0.3 is 10.6 Å². The first-order chi connectivity index (χ1) is 12.4. The summed E-state index contributed by atoms with van der Waals surface area (Å²) < 4.78 is 25.3. The van der Waals surface area contributed by atoms with Crippen molar-refractivity contribution in [1.82, 2.24) is 15.1 Å². The fraction of sp³-hybridized carbons (Fsp3) is 0.412. The molecule has 4 N–H and O–H groups in total. The summed E-state index contributed by atoms with van der Waals surface area (Å²) in [4.78, 5) is 12.5. The molecule has 0 aliphatic carbocycles. The molecule has 1 aliphatic rings. The Labute approximate surface area is 165 Å². The van der Waals surface area contributed by atoms with Crippen LogP contribution in [0, 0.1) is 0 Å². The molecule has 1 unspecified atom stereocenters. The van der Waals surface area contributed by atoms with Crippen molar-refractivity contribution in [3.63, 3.8) is 0 Å². The number of nitrogens with zero attached hydrogens (tertiary/aromatic N) is 2. The van der Waals surface area contributed by atoms with Crippen LogP contribution in [-0.2, 0) is 16.4 Å². The molecule has 0 bridgehead atoms. The van der Waals surface area contributed by atoms with E-state index in [9.17, 15) is 13.2 Å². The summed E-state index contributed by atoms with van der Waals surface area (Å²) in [7, 11) is -3.86. The molecule has 1 amide bonds. The van der Waals surface area contributed by atoms with Crippen molar-refractivity contribution in [3.8, 4) is 0 Å². The van der Waals surface area contributed by atoms with Crippen molar-refractivity contribution in [3.05, 3.63) is 41.7 Å². The SMILES string of the molecule is CCc1ccc(NC(=O)c2ccn(C3CCCNC3)n2)cc1S(N)(=O)=O.Cl. The highest BCUT2D eigenvalue weighted by atomic mass is 35.5. The number of carbonyl (C=O) groups is 1. The molecule has 8 nitrogen and oxygen atoms in total. The largest absolute Gasteiger partial charge is 0.321 e. The Morgan fingerprint density at radius 3 is 2.81 bits per heavy atom. The third-order valence-corrected chi connectivity index (χ3v) is 5.49. The Kier molecular flexibility index (Phi) is 6.99. The van der Waals surface area contributed by atoms with Crippen LogP contribution in [0.4, 0.5) is 5.69 Å². The van der Waals surface area contributed by atoms with Gasteiger partial charge in [-0.25, -0.2) is 13.6 Å². The maximum atomic E-state index is 12.4. The fourth-order valence-electron chi connectivity index (χ4n) is 3.11. The topological polar surface area (TPSA) is 119 Å². The van der Waals surface area contributed by atoms with Gasteiger partial charge >= 0.3 is 0 Å². The molecule has 1 aromatic heterocycles. The van der Waals surface area contributed by atoms with Crippen molar-refractivity contribution >= 4 is 34.0 Å². The lowest BCUT2D eigenvalue weighted by Gasteiger charge is -2.22. The molecule has 10 heteroatoms. The monoisotopic (exact) mass is 413 g/mol. The van der Waals surface area contributed by atoms with E-state index in [4.69, 9.17) is 5.14 Å². The zero-order valence-electron chi connectivity index (χ0n) is 15.0. The van der Waals surface area contributed by atoms with Crippen molar-refractivity contribution in [2.45, 2.75) is 37.1 Å². The number of hydrogen-bond donors (Lipinski definition) is 3. The van der Waals surface area contributed by atoms with Crippen LogP contribution in [0.3, 0.4) is 0 Å². The highest BCUT2D eigenvalue weighted by Gasteiger charge is 2.19. The Bertz CT molecular complexity index is 907. The van der Waals surface area contributed by atoms with E-state index < -0.39 is 15.9 Å². The number of nitrogens with one attached hydrogen (secondary N) is 2. The van der Waals surface area contributed by atoms with Crippen LogP contribution in [-0.4, -0.2) is 37.2 Å². The Morgan fingerprint density at radius 1 is 1.41 bits per heavy atom. The van der Waals surface area contributed by atoms with Gasteiger partial charge in [-0.15, -0.1) is 12.4 Å². The molecule has 27 heavy (non-hydrogen) atoms. The first-order valence-electron chi connectivity index (χ1n) is 8.61. The van der Waals surface area contributed by atoms with E-state index in [2.05, 4.69) is 15.7 Å². The molecule has 0 saturated carbocycles. The highest BCUT2D eigenvalue weighted by molar-refractivity contribution is 7.89. The molecular formula is C17H24ClN5O3S. The number of benzene rings is 1. The summed E-state index contributed by atoms with van der Waals surface area (Å²) in [6.07, 6.45) is 4.42. The number of sulfonamides is 1. The molecule has 1 saturated heterocycles. The Hall–Kier alpha value is -1.94. The Balaban J connectivity index is 0.00000261. The van der Waals surface area contributed by atoms with E-state index in [1.54, 1.807) is 29.1 Å². The number of halogens is 1. The lowest BCUT2D eigenvalue weighted by atomic mass is 10.1. The average Bonchev–Trinajstić information content (AvgIpc) is 3.12. The first-order valence-corrected chi connectivity index (χ1v) is 10.2. The van der Waals surface area contributed by atoms with Gasteiger partial charge in [0.15, 0.2) is 5.69 Å². The van der Waals surface area contributed by atoms with Gasteiger partial charge in [0.25, 0.3) is 5.91 Å². The molecule has 2 aromatic rings. The van der Waals surface area contributed by atoms with Crippen LogP contribution in [0.15, 0.2) is 35.4 Å². The van der Waals surface area contributed by atoms with Gasteiger partial charge in [-0.05, 0) is 49.6 Å². The summed E-state index contributed by atoms with van der Waals surface area (Å²) in [6.45, 7) is 3.68. The molecule has 1 atom stereocenters. The van der Waals surface area contributed by atoms with Crippen LogP contribution in [0.5, 0.6) is 0 Å².